The number of nitrogens with zero attached hydrogens (tertiary/aromatic N) is 2. The van der Waals surface area contributed by atoms with Gasteiger partial charge in [-0.15, -0.1) is 0 Å². The van der Waals surface area contributed by atoms with Gasteiger partial charge in [-0.1, -0.05) is 20.3 Å². The van der Waals surface area contributed by atoms with Crippen molar-refractivity contribution in [3.63, 3.8) is 0 Å². The normalized spacial score (nSPS) is 18.0. The second-order valence-corrected chi connectivity index (χ2v) is 5.63. The van der Waals surface area contributed by atoms with Gasteiger partial charge >= 0.3 is 0 Å². The standard InChI is InChI=1S/C16H29N3/c1-3-7-16(17-4-2)15-8-11-19(14-15)13-12-18-9-5-6-10-18/h8,11,14,16-17H,3-7,9-10,12-13H2,1-2H3. The van der Waals surface area contributed by atoms with Crippen LogP contribution in [0.4, 0.5) is 0 Å². The highest BCUT2D eigenvalue weighted by Crippen LogP contribution is 2.19. The van der Waals surface area contributed by atoms with Crippen molar-refractivity contribution >= 4 is 0 Å². The van der Waals surface area contributed by atoms with E-state index >= 15 is 0 Å². The van der Waals surface area contributed by atoms with E-state index in [1.54, 1.807) is 0 Å². The van der Waals surface area contributed by atoms with Gasteiger partial charge in [0, 0.05) is 31.5 Å². The molecule has 1 aliphatic heterocycles. The second-order valence-electron chi connectivity index (χ2n) is 5.63. The molecule has 1 N–H and O–H groups in total. The molecule has 2 heterocycles. The third-order valence-corrected chi connectivity index (χ3v) is 4.08. The van der Waals surface area contributed by atoms with Crippen molar-refractivity contribution in [3.8, 4) is 0 Å². The average molecular weight is 263 g/mol. The van der Waals surface area contributed by atoms with Gasteiger partial charge in [-0.05, 0) is 50.5 Å². The first-order valence-electron chi connectivity index (χ1n) is 7.95. The van der Waals surface area contributed by atoms with Crippen LogP contribution in [0, 0.1) is 0 Å². The van der Waals surface area contributed by atoms with Crippen LogP contribution in [-0.4, -0.2) is 35.6 Å². The van der Waals surface area contributed by atoms with E-state index in [0.29, 0.717) is 6.04 Å². The Morgan fingerprint density at radius 1 is 1.21 bits per heavy atom. The number of hydrogen-bond acceptors (Lipinski definition) is 2. The third-order valence-electron chi connectivity index (χ3n) is 4.08. The number of rotatable bonds is 8. The van der Waals surface area contributed by atoms with Crippen LogP contribution in [0.2, 0.25) is 0 Å². The van der Waals surface area contributed by atoms with Crippen LogP contribution in [0.15, 0.2) is 18.5 Å². The molecule has 0 spiro atoms. The van der Waals surface area contributed by atoms with E-state index in [1.807, 2.05) is 0 Å². The minimum atomic E-state index is 0.531. The third kappa shape index (κ3) is 4.36. The molecule has 1 saturated heterocycles. The van der Waals surface area contributed by atoms with Gasteiger partial charge in [0.15, 0.2) is 0 Å². The van der Waals surface area contributed by atoms with Crippen LogP contribution in [0.25, 0.3) is 0 Å². The summed E-state index contributed by atoms with van der Waals surface area (Å²) in [6.07, 6.45) is 9.80. The number of likely N-dealkylation sites (tertiary alicyclic amines) is 1. The molecule has 3 heteroatoms. The Morgan fingerprint density at radius 3 is 2.68 bits per heavy atom. The Hall–Kier alpha value is -0.800. The Labute approximate surface area is 118 Å². The fourth-order valence-electron chi connectivity index (χ4n) is 2.99. The highest BCUT2D eigenvalue weighted by molar-refractivity contribution is 5.15. The summed E-state index contributed by atoms with van der Waals surface area (Å²) in [7, 11) is 0. The molecule has 2 rings (SSSR count). The van der Waals surface area contributed by atoms with Crippen molar-refractivity contribution in [3.05, 3.63) is 24.0 Å². The molecule has 0 aliphatic carbocycles. The van der Waals surface area contributed by atoms with Crippen LogP contribution in [0.3, 0.4) is 0 Å². The first-order chi connectivity index (χ1) is 9.33. The van der Waals surface area contributed by atoms with Gasteiger partial charge in [-0.25, -0.2) is 0 Å². The van der Waals surface area contributed by atoms with Crippen LogP contribution < -0.4 is 5.32 Å². The van der Waals surface area contributed by atoms with E-state index in [9.17, 15) is 0 Å². The maximum absolute atomic E-state index is 3.59. The topological polar surface area (TPSA) is 20.2 Å². The Bertz CT molecular complexity index is 347. The van der Waals surface area contributed by atoms with Gasteiger partial charge in [0.1, 0.15) is 0 Å². The van der Waals surface area contributed by atoms with Crippen molar-refractivity contribution in [2.45, 2.75) is 52.1 Å². The molecule has 0 radical (unpaired) electrons. The van der Waals surface area contributed by atoms with Crippen molar-refractivity contribution in [1.29, 1.82) is 0 Å². The number of hydrogen-bond donors (Lipinski definition) is 1. The zero-order valence-corrected chi connectivity index (χ0v) is 12.6. The molecule has 0 amide bonds. The van der Waals surface area contributed by atoms with Crippen molar-refractivity contribution in [1.82, 2.24) is 14.8 Å². The second kappa shape index (κ2) is 7.71. The summed E-state index contributed by atoms with van der Waals surface area (Å²) < 4.78 is 2.35. The molecule has 108 valence electrons. The molecule has 0 saturated carbocycles. The fourth-order valence-corrected chi connectivity index (χ4v) is 2.99. The molecule has 19 heavy (non-hydrogen) atoms. The highest BCUT2D eigenvalue weighted by Gasteiger charge is 2.12. The Morgan fingerprint density at radius 2 is 2.00 bits per heavy atom. The first-order valence-corrected chi connectivity index (χ1v) is 7.95. The monoisotopic (exact) mass is 263 g/mol. The first kappa shape index (κ1) is 14.6. The quantitative estimate of drug-likeness (QED) is 0.778. The zero-order chi connectivity index (χ0) is 13.5. The molecule has 1 fully saturated rings. The average Bonchev–Trinajstić information content (AvgIpc) is 3.07. The summed E-state index contributed by atoms with van der Waals surface area (Å²) in [6, 6.07) is 2.82. The van der Waals surface area contributed by atoms with E-state index in [0.717, 1.165) is 13.1 Å². The molecule has 3 nitrogen and oxygen atoms in total. The predicted molar refractivity (Wildman–Crippen MR) is 81.4 cm³/mol. The molecule has 1 aromatic rings. The summed E-state index contributed by atoms with van der Waals surface area (Å²) in [5.74, 6) is 0. The van der Waals surface area contributed by atoms with Gasteiger partial charge in [-0.2, -0.15) is 0 Å². The van der Waals surface area contributed by atoms with Gasteiger partial charge in [-0.3, -0.25) is 0 Å². The van der Waals surface area contributed by atoms with E-state index in [2.05, 4.69) is 47.1 Å². The van der Waals surface area contributed by atoms with Gasteiger partial charge in [0.05, 0.1) is 0 Å². The number of aromatic nitrogens is 1. The lowest BCUT2D eigenvalue weighted by Crippen LogP contribution is -2.23. The Balaban J connectivity index is 1.85. The van der Waals surface area contributed by atoms with Gasteiger partial charge in [0.2, 0.25) is 0 Å². The van der Waals surface area contributed by atoms with Crippen LogP contribution in [0.1, 0.15) is 51.1 Å². The highest BCUT2D eigenvalue weighted by atomic mass is 15.2. The smallest absolute Gasteiger partial charge is 0.0347 e. The van der Waals surface area contributed by atoms with E-state index in [4.69, 9.17) is 0 Å². The maximum Gasteiger partial charge on any atom is 0.0347 e. The van der Waals surface area contributed by atoms with Crippen LogP contribution in [0.5, 0.6) is 0 Å². The maximum atomic E-state index is 3.59. The van der Waals surface area contributed by atoms with Crippen LogP contribution in [-0.2, 0) is 6.54 Å². The minimum absolute atomic E-state index is 0.531. The van der Waals surface area contributed by atoms with Gasteiger partial charge in [0.25, 0.3) is 0 Å². The lowest BCUT2D eigenvalue weighted by Gasteiger charge is -2.16. The van der Waals surface area contributed by atoms with E-state index in [-0.39, 0.29) is 0 Å². The predicted octanol–water partition coefficient (Wildman–Crippen LogP) is 3.03. The summed E-state index contributed by atoms with van der Waals surface area (Å²) in [5, 5.41) is 3.59. The SMILES string of the molecule is CCCC(NCC)c1ccn(CCN2CCCC2)c1. The fraction of sp³-hybridized carbons (Fsp3) is 0.750. The van der Waals surface area contributed by atoms with Crippen molar-refractivity contribution in [2.24, 2.45) is 0 Å². The lowest BCUT2D eigenvalue weighted by atomic mass is 10.1. The molecular formula is C16H29N3. The molecule has 1 atom stereocenters. The lowest BCUT2D eigenvalue weighted by molar-refractivity contribution is 0.322. The molecule has 1 aromatic heterocycles. The summed E-state index contributed by atoms with van der Waals surface area (Å²) >= 11 is 0. The Kier molecular flexibility index (Phi) is 5.93. The van der Waals surface area contributed by atoms with Crippen molar-refractivity contribution < 1.29 is 0 Å². The number of nitrogens with one attached hydrogen (secondary N) is 1. The van der Waals surface area contributed by atoms with E-state index in [1.165, 1.54) is 50.9 Å². The molecule has 1 aliphatic rings. The van der Waals surface area contributed by atoms with E-state index < -0.39 is 0 Å². The molecule has 1 unspecified atom stereocenters. The molecular weight excluding hydrogens is 234 g/mol. The van der Waals surface area contributed by atoms with Crippen LogP contribution >= 0.6 is 0 Å². The molecule has 0 bridgehead atoms. The minimum Gasteiger partial charge on any atom is -0.353 e. The molecule has 0 aromatic carbocycles. The largest absolute Gasteiger partial charge is 0.353 e. The summed E-state index contributed by atoms with van der Waals surface area (Å²) in [6.45, 7) is 10.4. The van der Waals surface area contributed by atoms with Gasteiger partial charge < -0.3 is 14.8 Å². The summed E-state index contributed by atoms with van der Waals surface area (Å²) in [4.78, 5) is 2.58. The zero-order valence-electron chi connectivity index (χ0n) is 12.6. The summed E-state index contributed by atoms with van der Waals surface area (Å²) in [5.41, 5.74) is 1.45. The van der Waals surface area contributed by atoms with Crippen molar-refractivity contribution in [2.75, 3.05) is 26.2 Å².